The lowest BCUT2D eigenvalue weighted by molar-refractivity contribution is 0.413. The van der Waals surface area contributed by atoms with Crippen LogP contribution in [0.5, 0.6) is 5.75 Å². The van der Waals surface area contributed by atoms with Gasteiger partial charge < -0.3 is 9.30 Å². The maximum Gasteiger partial charge on any atom is 0.132 e. The Morgan fingerprint density at radius 1 is 1.22 bits per heavy atom. The van der Waals surface area contributed by atoms with Gasteiger partial charge in [-0.2, -0.15) is 0 Å². The summed E-state index contributed by atoms with van der Waals surface area (Å²) in [5, 5.41) is 0. The number of aryl methyl sites for hydroxylation is 3. The number of nitrogens with zero attached hydrogens (tertiary/aromatic N) is 2. The first-order valence-electron chi connectivity index (χ1n) is 5.80. The second kappa shape index (κ2) is 4.76. The molecule has 0 saturated carbocycles. The summed E-state index contributed by atoms with van der Waals surface area (Å²) in [5.74, 6) is 1.88. The van der Waals surface area contributed by atoms with Crippen molar-refractivity contribution in [3.05, 3.63) is 33.7 Å². The lowest BCUT2D eigenvalue weighted by Gasteiger charge is -2.14. The second-order valence-electron chi connectivity index (χ2n) is 4.52. The lowest BCUT2D eigenvalue weighted by atomic mass is 10.0. The largest absolute Gasteiger partial charge is 0.496 e. The number of halogens is 1. The fourth-order valence-electron chi connectivity index (χ4n) is 2.26. The molecule has 0 aliphatic carbocycles. The molecule has 0 N–H and O–H groups in total. The van der Waals surface area contributed by atoms with E-state index in [4.69, 9.17) is 4.74 Å². The Kier molecular flexibility index (Phi) is 3.48. The van der Waals surface area contributed by atoms with Crippen LogP contribution in [0.2, 0.25) is 0 Å². The zero-order chi connectivity index (χ0) is 13.4. The van der Waals surface area contributed by atoms with Gasteiger partial charge in [0.15, 0.2) is 0 Å². The number of benzene rings is 1. The normalized spacial score (nSPS) is 10.8. The first kappa shape index (κ1) is 13.1. The van der Waals surface area contributed by atoms with Gasteiger partial charge in [0.1, 0.15) is 16.2 Å². The molecule has 18 heavy (non-hydrogen) atoms. The van der Waals surface area contributed by atoms with Crippen molar-refractivity contribution < 1.29 is 4.74 Å². The smallest absolute Gasteiger partial charge is 0.132 e. The molecule has 96 valence electrons. The Morgan fingerprint density at radius 3 is 2.39 bits per heavy atom. The van der Waals surface area contributed by atoms with Gasteiger partial charge in [-0.1, -0.05) is 6.07 Å². The number of hydrogen-bond acceptors (Lipinski definition) is 2. The van der Waals surface area contributed by atoms with Crippen LogP contribution in [0.1, 0.15) is 17.0 Å². The summed E-state index contributed by atoms with van der Waals surface area (Å²) in [6.45, 7) is 6.14. The van der Waals surface area contributed by atoms with Crippen molar-refractivity contribution in [1.82, 2.24) is 9.55 Å². The summed E-state index contributed by atoms with van der Waals surface area (Å²) < 4.78 is 8.47. The van der Waals surface area contributed by atoms with Gasteiger partial charge in [0, 0.05) is 12.6 Å². The molecule has 0 amide bonds. The minimum absolute atomic E-state index is 0.853. The minimum Gasteiger partial charge on any atom is -0.496 e. The first-order valence-corrected chi connectivity index (χ1v) is 6.59. The van der Waals surface area contributed by atoms with Crippen molar-refractivity contribution >= 4 is 15.9 Å². The van der Waals surface area contributed by atoms with Crippen molar-refractivity contribution in [3.63, 3.8) is 0 Å². The molecule has 0 unspecified atom stereocenters. The monoisotopic (exact) mass is 308 g/mol. The third kappa shape index (κ3) is 2.05. The molecule has 2 aromatic rings. The van der Waals surface area contributed by atoms with E-state index in [1.54, 1.807) is 7.11 Å². The second-order valence-corrected chi connectivity index (χ2v) is 5.27. The van der Waals surface area contributed by atoms with Gasteiger partial charge in [-0.15, -0.1) is 0 Å². The number of imidazole rings is 1. The lowest BCUT2D eigenvalue weighted by Crippen LogP contribution is -1.98. The number of hydrogen-bond donors (Lipinski definition) is 0. The SMILES string of the molecule is COc1c(C)cc(C)cc1-c1c(Br)nc(C)n1C. The van der Waals surface area contributed by atoms with E-state index in [1.807, 2.05) is 14.0 Å². The summed E-state index contributed by atoms with van der Waals surface area (Å²) >= 11 is 3.53. The molecule has 1 aromatic heterocycles. The Hall–Kier alpha value is -1.29. The van der Waals surface area contributed by atoms with Gasteiger partial charge in [-0.3, -0.25) is 0 Å². The number of rotatable bonds is 2. The maximum absolute atomic E-state index is 5.54. The third-order valence-electron chi connectivity index (χ3n) is 3.15. The van der Waals surface area contributed by atoms with Crippen molar-refractivity contribution in [2.45, 2.75) is 20.8 Å². The van der Waals surface area contributed by atoms with E-state index >= 15 is 0 Å². The molecule has 1 heterocycles. The van der Waals surface area contributed by atoms with Crippen LogP contribution < -0.4 is 4.74 Å². The van der Waals surface area contributed by atoms with E-state index in [0.29, 0.717) is 0 Å². The summed E-state index contributed by atoms with van der Waals surface area (Å²) in [5.41, 5.74) is 4.48. The highest BCUT2D eigenvalue weighted by Gasteiger charge is 2.17. The molecule has 1 aromatic carbocycles. The first-order chi connectivity index (χ1) is 8.45. The summed E-state index contributed by atoms with van der Waals surface area (Å²) in [4.78, 5) is 4.45. The Bertz CT molecular complexity index is 602. The molecule has 0 aliphatic heterocycles. The maximum atomic E-state index is 5.54. The molecule has 3 nitrogen and oxygen atoms in total. The van der Waals surface area contributed by atoms with Crippen LogP contribution in [0.15, 0.2) is 16.7 Å². The fourth-order valence-corrected chi connectivity index (χ4v) is 3.00. The molecular weight excluding hydrogens is 292 g/mol. The highest BCUT2D eigenvalue weighted by Crippen LogP contribution is 2.37. The summed E-state index contributed by atoms with van der Waals surface area (Å²) in [6, 6.07) is 4.26. The van der Waals surface area contributed by atoms with Gasteiger partial charge >= 0.3 is 0 Å². The molecule has 0 spiro atoms. The van der Waals surface area contributed by atoms with E-state index in [1.165, 1.54) is 5.56 Å². The van der Waals surface area contributed by atoms with E-state index in [2.05, 4.69) is 51.5 Å². The zero-order valence-electron chi connectivity index (χ0n) is 11.3. The van der Waals surface area contributed by atoms with Crippen molar-refractivity contribution in [1.29, 1.82) is 0 Å². The average Bonchev–Trinajstić information content (AvgIpc) is 2.52. The summed E-state index contributed by atoms with van der Waals surface area (Å²) in [6.07, 6.45) is 0. The topological polar surface area (TPSA) is 27.1 Å². The Labute approximate surface area is 116 Å². The van der Waals surface area contributed by atoms with Crippen LogP contribution in [-0.2, 0) is 7.05 Å². The van der Waals surface area contributed by atoms with E-state index in [9.17, 15) is 0 Å². The van der Waals surface area contributed by atoms with Gasteiger partial charge in [0.25, 0.3) is 0 Å². The van der Waals surface area contributed by atoms with Crippen molar-refractivity contribution in [3.8, 4) is 17.0 Å². The predicted molar refractivity (Wildman–Crippen MR) is 77.1 cm³/mol. The quantitative estimate of drug-likeness (QED) is 0.844. The van der Waals surface area contributed by atoms with Crippen LogP contribution in [0.4, 0.5) is 0 Å². The van der Waals surface area contributed by atoms with E-state index in [0.717, 1.165) is 33.0 Å². The van der Waals surface area contributed by atoms with E-state index < -0.39 is 0 Å². The molecule has 0 radical (unpaired) electrons. The van der Waals surface area contributed by atoms with Gasteiger partial charge in [-0.05, 0) is 53.9 Å². The highest BCUT2D eigenvalue weighted by molar-refractivity contribution is 9.10. The fraction of sp³-hybridized carbons (Fsp3) is 0.357. The molecule has 2 rings (SSSR count). The number of aromatic nitrogens is 2. The Morgan fingerprint density at radius 2 is 1.89 bits per heavy atom. The molecule has 0 atom stereocenters. The van der Waals surface area contributed by atoms with Crippen LogP contribution >= 0.6 is 15.9 Å². The van der Waals surface area contributed by atoms with Crippen molar-refractivity contribution in [2.24, 2.45) is 7.05 Å². The van der Waals surface area contributed by atoms with Gasteiger partial charge in [0.2, 0.25) is 0 Å². The Balaban J connectivity index is 2.78. The van der Waals surface area contributed by atoms with Gasteiger partial charge in [0.05, 0.1) is 12.8 Å². The van der Waals surface area contributed by atoms with Crippen LogP contribution in [-0.4, -0.2) is 16.7 Å². The molecule has 0 aliphatic rings. The van der Waals surface area contributed by atoms with Crippen molar-refractivity contribution in [2.75, 3.05) is 7.11 Å². The standard InChI is InChI=1S/C14H17BrN2O/c1-8-6-9(2)13(18-5)11(7-8)12-14(15)16-10(3)17(12)4/h6-7H,1-5H3. The number of methoxy groups -OCH3 is 1. The number of ether oxygens (including phenoxy) is 1. The molecule has 0 bridgehead atoms. The van der Waals surface area contributed by atoms with Crippen LogP contribution in [0.25, 0.3) is 11.3 Å². The third-order valence-corrected chi connectivity index (χ3v) is 3.71. The van der Waals surface area contributed by atoms with Crippen LogP contribution in [0, 0.1) is 20.8 Å². The zero-order valence-corrected chi connectivity index (χ0v) is 12.9. The molecule has 0 fully saturated rings. The van der Waals surface area contributed by atoms with E-state index in [-0.39, 0.29) is 0 Å². The molecule has 0 saturated heterocycles. The minimum atomic E-state index is 0.853. The van der Waals surface area contributed by atoms with Crippen LogP contribution in [0.3, 0.4) is 0 Å². The molecule has 4 heteroatoms. The summed E-state index contributed by atoms with van der Waals surface area (Å²) in [7, 11) is 3.72. The van der Waals surface area contributed by atoms with Gasteiger partial charge in [-0.25, -0.2) is 4.98 Å². The molecular formula is C14H17BrN2O. The average molecular weight is 309 g/mol. The predicted octanol–water partition coefficient (Wildman–Crippen LogP) is 3.78. The highest BCUT2D eigenvalue weighted by atomic mass is 79.9.